The van der Waals surface area contributed by atoms with Crippen LogP contribution in [-0.2, 0) is 0 Å². The highest BCUT2D eigenvalue weighted by atomic mass is 127. The average Bonchev–Trinajstić information content (AvgIpc) is 1.98. The number of hydrogen-bond acceptors (Lipinski definition) is 0. The Morgan fingerprint density at radius 2 is 2.00 bits per heavy atom. The maximum atomic E-state index is 12.7. The Kier molecular flexibility index (Phi) is 2.99. The molecule has 0 aromatic heterocycles. The normalized spacial score (nSPS) is 10.8. The Labute approximate surface area is 77.1 Å². The summed E-state index contributed by atoms with van der Waals surface area (Å²) in [6.45, 7) is 0. The van der Waals surface area contributed by atoms with E-state index in [9.17, 15) is 8.78 Å². The van der Waals surface area contributed by atoms with Crippen LogP contribution < -0.4 is 0 Å². The first-order valence-electron chi connectivity index (χ1n) is 2.96. The molecular formula is C8H5F2I. The number of halogens is 3. The minimum Gasteiger partial charge on any atom is -0.207 e. The SMILES string of the molecule is Fc1ccc(F)c(C=CI)c1. The average molecular weight is 266 g/mol. The van der Waals surface area contributed by atoms with Gasteiger partial charge in [-0.15, -0.1) is 0 Å². The van der Waals surface area contributed by atoms with E-state index in [1.807, 2.05) is 22.6 Å². The molecule has 3 heteroatoms. The number of benzene rings is 1. The second-order valence-electron chi connectivity index (χ2n) is 1.96. The van der Waals surface area contributed by atoms with Crippen molar-refractivity contribution in [2.24, 2.45) is 0 Å². The number of hydrogen-bond donors (Lipinski definition) is 0. The molecule has 0 aliphatic rings. The topological polar surface area (TPSA) is 0 Å². The van der Waals surface area contributed by atoms with Crippen molar-refractivity contribution in [3.05, 3.63) is 39.5 Å². The van der Waals surface area contributed by atoms with Gasteiger partial charge in [-0.05, 0) is 28.4 Å². The van der Waals surface area contributed by atoms with Crippen LogP contribution in [-0.4, -0.2) is 0 Å². The lowest BCUT2D eigenvalue weighted by Crippen LogP contribution is -1.82. The Balaban J connectivity index is 3.12. The minimum absolute atomic E-state index is 0.277. The molecule has 0 aliphatic heterocycles. The maximum absolute atomic E-state index is 12.7. The van der Waals surface area contributed by atoms with Gasteiger partial charge in [0.1, 0.15) is 11.6 Å². The Morgan fingerprint density at radius 3 is 2.64 bits per heavy atom. The van der Waals surface area contributed by atoms with E-state index >= 15 is 0 Å². The lowest BCUT2D eigenvalue weighted by Gasteiger charge is -1.94. The van der Waals surface area contributed by atoms with E-state index < -0.39 is 11.6 Å². The van der Waals surface area contributed by atoms with E-state index in [-0.39, 0.29) is 5.56 Å². The van der Waals surface area contributed by atoms with E-state index in [1.54, 1.807) is 4.08 Å². The van der Waals surface area contributed by atoms with E-state index in [0.29, 0.717) is 0 Å². The molecule has 0 amide bonds. The van der Waals surface area contributed by atoms with E-state index in [4.69, 9.17) is 0 Å². The predicted molar refractivity (Wildman–Crippen MR) is 49.4 cm³/mol. The van der Waals surface area contributed by atoms with Crippen LogP contribution >= 0.6 is 22.6 Å². The molecule has 0 N–H and O–H groups in total. The zero-order valence-corrected chi connectivity index (χ0v) is 7.68. The van der Waals surface area contributed by atoms with E-state index in [0.717, 1.165) is 18.2 Å². The van der Waals surface area contributed by atoms with Gasteiger partial charge >= 0.3 is 0 Å². The van der Waals surface area contributed by atoms with Gasteiger partial charge in [-0.25, -0.2) is 8.78 Å². The van der Waals surface area contributed by atoms with E-state index in [1.165, 1.54) is 6.08 Å². The molecule has 0 heterocycles. The smallest absolute Gasteiger partial charge is 0.130 e. The van der Waals surface area contributed by atoms with Crippen LogP contribution in [0.2, 0.25) is 0 Å². The Hall–Kier alpha value is -0.450. The molecule has 0 aliphatic carbocycles. The van der Waals surface area contributed by atoms with Crippen molar-refractivity contribution < 1.29 is 8.78 Å². The first kappa shape index (κ1) is 8.64. The molecule has 0 nitrogen and oxygen atoms in total. The molecule has 1 aromatic rings. The second kappa shape index (κ2) is 3.80. The lowest BCUT2D eigenvalue weighted by atomic mass is 10.2. The second-order valence-corrected chi connectivity index (χ2v) is 2.68. The molecule has 0 unspecified atom stereocenters. The summed E-state index contributed by atoms with van der Waals surface area (Å²) in [6.07, 6.45) is 1.51. The van der Waals surface area contributed by atoms with Gasteiger partial charge in [-0.3, -0.25) is 0 Å². The zero-order chi connectivity index (χ0) is 8.27. The van der Waals surface area contributed by atoms with Gasteiger partial charge in [0.05, 0.1) is 0 Å². The minimum atomic E-state index is -0.420. The van der Waals surface area contributed by atoms with Crippen LogP contribution in [0.15, 0.2) is 22.3 Å². The van der Waals surface area contributed by atoms with Crippen LogP contribution in [0.25, 0.3) is 6.08 Å². The fourth-order valence-electron chi connectivity index (χ4n) is 0.710. The van der Waals surface area contributed by atoms with Crippen molar-refractivity contribution in [1.82, 2.24) is 0 Å². The first-order valence-corrected chi connectivity index (χ1v) is 4.20. The van der Waals surface area contributed by atoms with Crippen LogP contribution in [0.3, 0.4) is 0 Å². The third-order valence-electron chi connectivity index (χ3n) is 1.20. The molecular weight excluding hydrogens is 261 g/mol. The maximum Gasteiger partial charge on any atom is 0.130 e. The summed E-state index contributed by atoms with van der Waals surface area (Å²) in [6, 6.07) is 3.37. The highest BCUT2D eigenvalue weighted by Crippen LogP contribution is 2.11. The molecule has 58 valence electrons. The molecule has 0 fully saturated rings. The van der Waals surface area contributed by atoms with E-state index in [2.05, 4.69) is 0 Å². The van der Waals surface area contributed by atoms with Crippen LogP contribution in [0.1, 0.15) is 5.56 Å². The summed E-state index contributed by atoms with van der Waals surface area (Å²) >= 11 is 1.95. The van der Waals surface area contributed by atoms with Gasteiger partial charge in [0.15, 0.2) is 0 Å². The monoisotopic (exact) mass is 266 g/mol. The Bertz CT molecular complexity index is 281. The Morgan fingerprint density at radius 1 is 1.27 bits per heavy atom. The molecule has 0 atom stereocenters. The molecule has 0 spiro atoms. The van der Waals surface area contributed by atoms with Crippen molar-refractivity contribution in [3.8, 4) is 0 Å². The molecule has 1 aromatic carbocycles. The summed E-state index contributed by atoms with van der Waals surface area (Å²) in [5, 5.41) is 0. The van der Waals surface area contributed by atoms with Crippen molar-refractivity contribution in [1.29, 1.82) is 0 Å². The largest absolute Gasteiger partial charge is 0.207 e. The summed E-state index contributed by atoms with van der Waals surface area (Å²) in [7, 11) is 0. The van der Waals surface area contributed by atoms with Crippen molar-refractivity contribution in [2.75, 3.05) is 0 Å². The number of rotatable bonds is 1. The molecule has 0 saturated heterocycles. The van der Waals surface area contributed by atoms with Gasteiger partial charge in [0, 0.05) is 5.56 Å². The summed E-state index contributed by atoms with van der Waals surface area (Å²) < 4.78 is 26.8. The quantitative estimate of drug-likeness (QED) is 0.683. The van der Waals surface area contributed by atoms with Crippen LogP contribution in [0.5, 0.6) is 0 Å². The van der Waals surface area contributed by atoms with Crippen molar-refractivity contribution in [2.45, 2.75) is 0 Å². The lowest BCUT2D eigenvalue weighted by molar-refractivity contribution is 0.598. The van der Waals surface area contributed by atoms with Gasteiger partial charge in [0.2, 0.25) is 0 Å². The fraction of sp³-hybridized carbons (Fsp3) is 0. The summed E-state index contributed by atoms with van der Waals surface area (Å²) in [4.78, 5) is 0. The van der Waals surface area contributed by atoms with Gasteiger partial charge < -0.3 is 0 Å². The van der Waals surface area contributed by atoms with Gasteiger partial charge in [-0.2, -0.15) is 0 Å². The van der Waals surface area contributed by atoms with Crippen molar-refractivity contribution in [3.63, 3.8) is 0 Å². The zero-order valence-electron chi connectivity index (χ0n) is 5.52. The molecule has 0 bridgehead atoms. The van der Waals surface area contributed by atoms with Gasteiger partial charge in [-0.1, -0.05) is 22.6 Å². The third-order valence-corrected chi connectivity index (χ3v) is 1.56. The summed E-state index contributed by atoms with van der Waals surface area (Å²) in [5.41, 5.74) is 0.277. The van der Waals surface area contributed by atoms with Crippen LogP contribution in [0.4, 0.5) is 8.78 Å². The van der Waals surface area contributed by atoms with Crippen molar-refractivity contribution >= 4 is 28.7 Å². The fourth-order valence-corrected chi connectivity index (χ4v) is 1.10. The first-order chi connectivity index (χ1) is 5.24. The van der Waals surface area contributed by atoms with Gasteiger partial charge in [0.25, 0.3) is 0 Å². The molecule has 1 rings (SSSR count). The van der Waals surface area contributed by atoms with Crippen LogP contribution in [0, 0.1) is 11.6 Å². The molecule has 11 heavy (non-hydrogen) atoms. The highest BCUT2D eigenvalue weighted by molar-refractivity contribution is 14.1. The molecule has 0 radical (unpaired) electrons. The third kappa shape index (κ3) is 2.25. The summed E-state index contributed by atoms with van der Waals surface area (Å²) in [5.74, 6) is -0.824. The highest BCUT2D eigenvalue weighted by Gasteiger charge is 1.98. The standard InChI is InChI=1S/C8H5F2I/c9-7-1-2-8(10)6(5-7)3-4-11/h1-5H. The molecule has 0 saturated carbocycles. The predicted octanol–water partition coefficient (Wildman–Crippen LogP) is 3.37.